The number of hydrogen-bond donors (Lipinski definition) is 2. The summed E-state index contributed by atoms with van der Waals surface area (Å²) in [6, 6.07) is 5.88. The number of likely N-dealkylation sites (tertiary alicyclic amines) is 1. The number of rotatable bonds is 6. The topological polar surface area (TPSA) is 65.2 Å². The molecule has 1 saturated heterocycles. The zero-order chi connectivity index (χ0) is 16.9. The molecule has 5 nitrogen and oxygen atoms in total. The van der Waals surface area contributed by atoms with Gasteiger partial charge in [0.2, 0.25) is 0 Å². The molecule has 0 spiro atoms. The molecule has 3 rings (SSSR count). The Bertz CT molecular complexity index is 693. The Kier molecular flexibility index (Phi) is 5.48. The molecule has 3 heterocycles. The van der Waals surface area contributed by atoms with Crippen molar-refractivity contribution in [3.8, 4) is 0 Å². The summed E-state index contributed by atoms with van der Waals surface area (Å²) in [4.78, 5) is 30.2. The summed E-state index contributed by atoms with van der Waals surface area (Å²) < 4.78 is 0. The molecule has 2 N–H and O–H groups in total. The number of piperidine rings is 1. The minimum Gasteiger partial charge on any atom is -0.356 e. The lowest BCUT2D eigenvalue weighted by molar-refractivity contribution is 0.0926. The molecule has 0 aromatic carbocycles. The minimum atomic E-state index is -0.141. The van der Waals surface area contributed by atoms with E-state index in [1.54, 1.807) is 23.6 Å². The zero-order valence-corrected chi connectivity index (χ0v) is 14.7. The van der Waals surface area contributed by atoms with Crippen LogP contribution >= 0.6 is 11.3 Å². The molecule has 2 aromatic heterocycles. The lowest BCUT2D eigenvalue weighted by Gasteiger charge is -2.32. The van der Waals surface area contributed by atoms with Crippen molar-refractivity contribution >= 4 is 23.0 Å². The first-order valence-electron chi connectivity index (χ1n) is 8.34. The second-order valence-electron chi connectivity index (χ2n) is 6.39. The van der Waals surface area contributed by atoms with Crippen molar-refractivity contribution in [2.45, 2.75) is 26.3 Å². The van der Waals surface area contributed by atoms with Gasteiger partial charge in [0, 0.05) is 36.3 Å². The van der Waals surface area contributed by atoms with Crippen molar-refractivity contribution in [3.05, 3.63) is 45.9 Å². The summed E-state index contributed by atoms with van der Waals surface area (Å²) in [5.41, 5.74) is 0.992. The van der Waals surface area contributed by atoms with Crippen LogP contribution in [0.15, 0.2) is 29.8 Å². The summed E-state index contributed by atoms with van der Waals surface area (Å²) in [7, 11) is 0. The number of nitrogens with one attached hydrogen (secondary N) is 2. The smallest absolute Gasteiger partial charge is 0.267 e. The highest BCUT2D eigenvalue weighted by Crippen LogP contribution is 2.20. The van der Waals surface area contributed by atoms with Gasteiger partial charge in [-0.3, -0.25) is 14.5 Å². The molecular weight excluding hydrogens is 322 g/mol. The first-order valence-corrected chi connectivity index (χ1v) is 9.22. The number of thiophene rings is 1. The van der Waals surface area contributed by atoms with Gasteiger partial charge in [0.15, 0.2) is 5.78 Å². The van der Waals surface area contributed by atoms with Gasteiger partial charge in [0.1, 0.15) is 5.69 Å². The Morgan fingerprint density at radius 3 is 3.04 bits per heavy atom. The number of H-pyrrole nitrogens is 1. The Morgan fingerprint density at radius 2 is 2.33 bits per heavy atom. The van der Waals surface area contributed by atoms with E-state index < -0.39 is 0 Å². The van der Waals surface area contributed by atoms with E-state index in [1.165, 1.54) is 18.2 Å². The number of aromatic amines is 1. The quantitative estimate of drug-likeness (QED) is 0.791. The Morgan fingerprint density at radius 1 is 1.46 bits per heavy atom. The molecule has 1 aliphatic heterocycles. The van der Waals surface area contributed by atoms with E-state index >= 15 is 0 Å². The van der Waals surface area contributed by atoms with E-state index in [2.05, 4.69) is 32.7 Å². The van der Waals surface area contributed by atoms with Gasteiger partial charge in [0.05, 0.1) is 0 Å². The fourth-order valence-corrected chi connectivity index (χ4v) is 3.89. The molecule has 1 amide bonds. The third-order valence-corrected chi connectivity index (χ3v) is 5.31. The van der Waals surface area contributed by atoms with Crippen molar-refractivity contribution in [3.63, 3.8) is 0 Å². The van der Waals surface area contributed by atoms with Crippen molar-refractivity contribution in [1.82, 2.24) is 15.2 Å². The van der Waals surface area contributed by atoms with Gasteiger partial charge in [-0.2, -0.15) is 0 Å². The first kappa shape index (κ1) is 16.9. The van der Waals surface area contributed by atoms with Gasteiger partial charge in [-0.1, -0.05) is 6.07 Å². The van der Waals surface area contributed by atoms with Crippen LogP contribution in [0, 0.1) is 5.92 Å². The van der Waals surface area contributed by atoms with Crippen LogP contribution in [0.1, 0.15) is 45.5 Å². The van der Waals surface area contributed by atoms with E-state index in [-0.39, 0.29) is 11.7 Å². The van der Waals surface area contributed by atoms with Crippen molar-refractivity contribution < 1.29 is 9.59 Å². The van der Waals surface area contributed by atoms with E-state index in [9.17, 15) is 9.59 Å². The van der Waals surface area contributed by atoms with Crippen molar-refractivity contribution in [2.75, 3.05) is 19.6 Å². The second kappa shape index (κ2) is 7.77. The van der Waals surface area contributed by atoms with Gasteiger partial charge >= 0.3 is 0 Å². The maximum atomic E-state index is 12.2. The van der Waals surface area contributed by atoms with E-state index in [4.69, 9.17) is 0 Å². The molecule has 1 aliphatic rings. The van der Waals surface area contributed by atoms with Gasteiger partial charge < -0.3 is 10.3 Å². The Hall–Kier alpha value is -1.92. The molecule has 0 aliphatic carbocycles. The fourth-order valence-electron chi connectivity index (χ4n) is 3.15. The lowest BCUT2D eigenvalue weighted by Crippen LogP contribution is -2.40. The Balaban J connectivity index is 1.48. The monoisotopic (exact) mass is 345 g/mol. The van der Waals surface area contributed by atoms with Gasteiger partial charge in [-0.05, 0) is 49.7 Å². The number of aromatic nitrogens is 1. The fraction of sp³-hybridized carbons (Fsp3) is 0.444. The number of Topliss-reactive ketones (excluding diaryl/α,β-unsaturated/α-hetero) is 1. The molecule has 0 radical (unpaired) electrons. The molecule has 128 valence electrons. The minimum absolute atomic E-state index is 0.0400. The second-order valence-corrected chi connectivity index (χ2v) is 7.42. The van der Waals surface area contributed by atoms with Crippen LogP contribution in [0.3, 0.4) is 0 Å². The van der Waals surface area contributed by atoms with Crippen LogP contribution in [0.2, 0.25) is 0 Å². The standard InChI is InChI=1S/C18H23N3O2S/c1-13(22)15-8-17(19-10-15)18(23)20-9-14-4-2-6-21(11-14)12-16-5-3-7-24-16/h3,5,7-8,10,14,19H,2,4,6,9,11-12H2,1H3,(H,20,23)/t14-/m1/s1. The molecular formula is C18H23N3O2S. The average Bonchev–Trinajstić information content (AvgIpc) is 3.24. The van der Waals surface area contributed by atoms with Crippen LogP contribution in [-0.2, 0) is 6.54 Å². The van der Waals surface area contributed by atoms with Crippen LogP contribution in [0.25, 0.3) is 0 Å². The first-order chi connectivity index (χ1) is 11.6. The molecule has 1 fully saturated rings. The third kappa shape index (κ3) is 4.33. The summed E-state index contributed by atoms with van der Waals surface area (Å²) in [5.74, 6) is 0.296. The van der Waals surface area contributed by atoms with E-state index in [1.807, 2.05) is 0 Å². The third-order valence-electron chi connectivity index (χ3n) is 4.45. The molecule has 24 heavy (non-hydrogen) atoms. The van der Waals surface area contributed by atoms with Gasteiger partial charge in [0.25, 0.3) is 5.91 Å². The predicted octanol–water partition coefficient (Wildman–Crippen LogP) is 2.92. The Labute approximate surface area is 146 Å². The van der Waals surface area contributed by atoms with Crippen LogP contribution in [-0.4, -0.2) is 41.2 Å². The van der Waals surface area contributed by atoms with Crippen LogP contribution in [0.4, 0.5) is 0 Å². The number of ketones is 1. The predicted molar refractivity (Wildman–Crippen MR) is 95.5 cm³/mol. The summed E-state index contributed by atoms with van der Waals surface area (Å²) in [5, 5.41) is 5.11. The summed E-state index contributed by atoms with van der Waals surface area (Å²) in [6.07, 6.45) is 3.90. The van der Waals surface area contributed by atoms with Gasteiger partial charge in [-0.25, -0.2) is 0 Å². The highest BCUT2D eigenvalue weighted by atomic mass is 32.1. The number of carbonyl (C=O) groups is 2. The average molecular weight is 345 g/mol. The molecule has 0 unspecified atom stereocenters. The van der Waals surface area contributed by atoms with Crippen LogP contribution in [0.5, 0.6) is 0 Å². The molecule has 0 bridgehead atoms. The van der Waals surface area contributed by atoms with Gasteiger partial charge in [-0.15, -0.1) is 11.3 Å². The number of amides is 1. The largest absolute Gasteiger partial charge is 0.356 e. The maximum absolute atomic E-state index is 12.2. The molecule has 1 atom stereocenters. The number of hydrogen-bond acceptors (Lipinski definition) is 4. The SMILES string of the molecule is CC(=O)c1c[nH]c(C(=O)NC[C@H]2CCCN(Cc3cccs3)C2)c1. The molecule has 0 saturated carbocycles. The van der Waals surface area contributed by atoms with E-state index in [0.717, 1.165) is 26.1 Å². The molecule has 6 heteroatoms. The summed E-state index contributed by atoms with van der Waals surface area (Å²) in [6.45, 7) is 5.31. The maximum Gasteiger partial charge on any atom is 0.267 e. The van der Waals surface area contributed by atoms with Crippen LogP contribution < -0.4 is 5.32 Å². The van der Waals surface area contributed by atoms with Crippen molar-refractivity contribution in [2.24, 2.45) is 5.92 Å². The number of nitrogens with zero attached hydrogens (tertiary/aromatic N) is 1. The molecule has 2 aromatic rings. The normalized spacial score (nSPS) is 18.5. The zero-order valence-electron chi connectivity index (χ0n) is 13.9. The highest BCUT2D eigenvalue weighted by molar-refractivity contribution is 7.09. The van der Waals surface area contributed by atoms with E-state index in [0.29, 0.717) is 23.7 Å². The lowest BCUT2D eigenvalue weighted by atomic mass is 9.98. The summed E-state index contributed by atoms with van der Waals surface area (Å²) >= 11 is 1.79. The number of carbonyl (C=O) groups excluding carboxylic acids is 2. The highest BCUT2D eigenvalue weighted by Gasteiger charge is 2.21. The van der Waals surface area contributed by atoms with Crippen molar-refractivity contribution in [1.29, 1.82) is 0 Å².